The first-order valence-corrected chi connectivity index (χ1v) is 16.5. The number of carbonyl (C=O) groups excluding carboxylic acids is 5. The molecule has 1 aromatic carbocycles. The number of Topliss-reactive ketones (excluding diaryl/α,β-unsaturated/α-hetero) is 1. The summed E-state index contributed by atoms with van der Waals surface area (Å²) in [5, 5.41) is 40.9. The van der Waals surface area contributed by atoms with Crippen LogP contribution in [0.2, 0.25) is 0 Å². The van der Waals surface area contributed by atoms with Gasteiger partial charge in [0.25, 0.3) is 0 Å². The molecule has 0 spiro atoms. The van der Waals surface area contributed by atoms with E-state index in [4.69, 9.17) is 0 Å². The maximum atomic E-state index is 13.0. The van der Waals surface area contributed by atoms with Gasteiger partial charge in [-0.3, -0.25) is 24.0 Å². The van der Waals surface area contributed by atoms with Crippen molar-refractivity contribution >= 4 is 40.3 Å². The van der Waals surface area contributed by atoms with Crippen molar-refractivity contribution in [2.75, 3.05) is 19.8 Å². The summed E-state index contributed by atoms with van der Waals surface area (Å²) in [6.07, 6.45) is 11.1. The maximum absolute atomic E-state index is 13.0. The number of rotatable bonds is 22. The van der Waals surface area contributed by atoms with E-state index in [1.165, 1.54) is 12.5 Å². The highest BCUT2D eigenvalue weighted by Crippen LogP contribution is 2.17. The Balaban J connectivity index is 1.84. The van der Waals surface area contributed by atoms with E-state index in [1.807, 2.05) is 24.3 Å². The van der Waals surface area contributed by atoms with Gasteiger partial charge in [0.05, 0.1) is 44.4 Å². The van der Waals surface area contributed by atoms with Gasteiger partial charge >= 0.3 is 0 Å². The molecule has 4 atom stereocenters. The zero-order valence-electron chi connectivity index (χ0n) is 28.0. The van der Waals surface area contributed by atoms with E-state index >= 15 is 0 Å². The van der Waals surface area contributed by atoms with Crippen LogP contribution in [0.4, 0.5) is 0 Å². The minimum Gasteiger partial charge on any atom is -0.394 e. The third-order valence-electron chi connectivity index (χ3n) is 7.68. The molecule has 2 rings (SSSR count). The van der Waals surface area contributed by atoms with Crippen LogP contribution >= 0.6 is 0 Å². The fourth-order valence-electron chi connectivity index (χ4n) is 4.88. The number of hydrogen-bond donors (Lipinski definition) is 8. The normalized spacial score (nSPS) is 14.1. The molecular weight excluding hydrogens is 618 g/mol. The van der Waals surface area contributed by atoms with Gasteiger partial charge in [0, 0.05) is 35.2 Å². The first-order chi connectivity index (χ1) is 23.0. The fraction of sp³-hybridized carbons (Fsp3) is 0.514. The van der Waals surface area contributed by atoms with E-state index in [9.17, 15) is 39.3 Å². The highest BCUT2D eigenvalue weighted by molar-refractivity contribution is 6.09. The number of hydrogen-bond acceptors (Lipinski definition) is 8. The number of aromatic amines is 1. The molecule has 0 aliphatic rings. The van der Waals surface area contributed by atoms with Gasteiger partial charge in [-0.15, -0.1) is 0 Å². The average molecular weight is 670 g/mol. The molecule has 0 radical (unpaired) electrons. The number of benzene rings is 1. The van der Waals surface area contributed by atoms with Gasteiger partial charge in [0.15, 0.2) is 5.78 Å². The van der Waals surface area contributed by atoms with Crippen molar-refractivity contribution in [3.8, 4) is 0 Å². The zero-order valence-corrected chi connectivity index (χ0v) is 28.0. The van der Waals surface area contributed by atoms with Crippen molar-refractivity contribution in [1.29, 1.82) is 0 Å². The molecule has 8 N–H and O–H groups in total. The number of unbranched alkanes of at least 4 members (excludes halogenated alkanes) is 4. The predicted octanol–water partition coefficient (Wildman–Crippen LogP) is 1.79. The molecule has 2 aromatic rings. The Kier molecular flexibility index (Phi) is 17.9. The molecule has 48 heavy (non-hydrogen) atoms. The molecule has 0 fully saturated rings. The number of H-pyrrole nitrogens is 1. The third kappa shape index (κ3) is 13.8. The number of nitrogens with one attached hydrogen (secondary N) is 5. The van der Waals surface area contributed by atoms with Gasteiger partial charge in [-0.2, -0.15) is 0 Å². The Bertz CT molecular complexity index is 1400. The van der Waals surface area contributed by atoms with Crippen LogP contribution in [0.1, 0.15) is 76.1 Å². The van der Waals surface area contributed by atoms with Crippen molar-refractivity contribution in [1.82, 2.24) is 26.3 Å². The molecule has 0 aliphatic heterocycles. The molecule has 13 heteroatoms. The molecule has 0 unspecified atom stereocenters. The van der Waals surface area contributed by atoms with Crippen LogP contribution in [0, 0.1) is 5.92 Å². The van der Waals surface area contributed by atoms with E-state index in [0.29, 0.717) is 5.56 Å². The fourth-order valence-corrected chi connectivity index (χ4v) is 4.88. The first-order valence-electron chi connectivity index (χ1n) is 16.5. The van der Waals surface area contributed by atoms with Gasteiger partial charge < -0.3 is 41.6 Å². The second kappa shape index (κ2) is 21.5. The number of ketones is 1. The lowest BCUT2D eigenvalue weighted by Gasteiger charge is -2.26. The quantitative estimate of drug-likeness (QED) is 0.0400. The van der Waals surface area contributed by atoms with Crippen molar-refractivity contribution in [3.05, 3.63) is 60.3 Å². The maximum Gasteiger partial charge on any atom is 0.244 e. The number of para-hydroxylation sites is 1. The summed E-state index contributed by atoms with van der Waals surface area (Å²) < 4.78 is 0. The Morgan fingerprint density at radius 1 is 0.917 bits per heavy atom. The van der Waals surface area contributed by atoms with E-state index in [1.54, 1.807) is 32.2 Å². The Labute approximate surface area is 281 Å². The molecule has 1 heterocycles. The van der Waals surface area contributed by atoms with Crippen molar-refractivity contribution in [2.24, 2.45) is 5.92 Å². The Morgan fingerprint density at radius 2 is 1.67 bits per heavy atom. The van der Waals surface area contributed by atoms with Gasteiger partial charge in [0.1, 0.15) is 6.04 Å². The third-order valence-corrected chi connectivity index (χ3v) is 7.68. The van der Waals surface area contributed by atoms with Crippen molar-refractivity contribution in [3.63, 3.8) is 0 Å². The van der Waals surface area contributed by atoms with Gasteiger partial charge in [-0.25, -0.2) is 0 Å². The number of aliphatic hydroxyl groups is 3. The number of carbonyl (C=O) groups is 5. The lowest BCUT2D eigenvalue weighted by Crippen LogP contribution is -2.54. The van der Waals surface area contributed by atoms with Crippen LogP contribution in [0.15, 0.2) is 54.8 Å². The lowest BCUT2D eigenvalue weighted by molar-refractivity contribution is -0.132. The largest absolute Gasteiger partial charge is 0.394 e. The van der Waals surface area contributed by atoms with Gasteiger partial charge in [-0.1, -0.05) is 76.5 Å². The molecule has 0 bridgehead atoms. The average Bonchev–Trinajstić information content (AvgIpc) is 3.50. The summed E-state index contributed by atoms with van der Waals surface area (Å²) in [4.78, 5) is 66.0. The topological polar surface area (TPSA) is 210 Å². The van der Waals surface area contributed by atoms with Crippen LogP contribution in [-0.4, -0.2) is 93.7 Å². The van der Waals surface area contributed by atoms with Crippen molar-refractivity contribution in [2.45, 2.75) is 89.9 Å². The molecule has 0 saturated carbocycles. The molecule has 264 valence electrons. The smallest absolute Gasteiger partial charge is 0.244 e. The summed E-state index contributed by atoms with van der Waals surface area (Å²) in [5.74, 6) is -3.03. The van der Waals surface area contributed by atoms with Crippen LogP contribution < -0.4 is 21.3 Å². The monoisotopic (exact) mass is 669 g/mol. The second-order valence-corrected chi connectivity index (χ2v) is 12.0. The number of allylic oxidation sites excluding steroid dienone is 1. The first kappa shape index (κ1) is 39.8. The predicted molar refractivity (Wildman–Crippen MR) is 183 cm³/mol. The lowest BCUT2D eigenvalue weighted by atomic mass is 10.0. The molecular formula is C35H51N5O8. The van der Waals surface area contributed by atoms with Crippen LogP contribution in [-0.2, 0) is 19.2 Å². The van der Waals surface area contributed by atoms with Crippen LogP contribution in [0.3, 0.4) is 0 Å². The molecule has 13 nitrogen and oxygen atoms in total. The summed E-state index contributed by atoms with van der Waals surface area (Å²) >= 11 is 0. The highest BCUT2D eigenvalue weighted by atomic mass is 16.3. The van der Waals surface area contributed by atoms with E-state index < -0.39 is 73.4 Å². The zero-order chi connectivity index (χ0) is 35.5. The summed E-state index contributed by atoms with van der Waals surface area (Å²) in [6, 6.07) is 4.16. The van der Waals surface area contributed by atoms with Gasteiger partial charge in [-0.05, 0) is 24.8 Å². The Hall–Kier alpha value is -4.33. The summed E-state index contributed by atoms with van der Waals surface area (Å²) in [6.45, 7) is 4.12. The molecule has 0 saturated heterocycles. The number of fused-ring (bicyclic) bond motifs is 1. The van der Waals surface area contributed by atoms with Crippen molar-refractivity contribution < 1.29 is 39.3 Å². The van der Waals surface area contributed by atoms with Gasteiger partial charge in [0.2, 0.25) is 23.6 Å². The summed E-state index contributed by atoms with van der Waals surface area (Å²) in [7, 11) is 0. The standard InChI is InChI=1S/C35H51N5O8/c1-4-5-6-7-8-9-10-15-32(46)39-28(22-42)29(43)18-33(47)40-34(23(2)3)35(48)38-24(21-41)16-17-31(45)37-20-30(44)26-19-36-27-14-12-11-13-25(26)27/h9-14,16-17,19,23-24,28-29,34,36,41-43H,4-8,15,18,20-22H2,1-3H3,(H,37,45)(H,38,48)(H,39,46)(H,40,47)/b10-9-,17-16+/t24-,28+,29+,34+/m1/s1. The second-order valence-electron chi connectivity index (χ2n) is 12.0. The van der Waals surface area contributed by atoms with Crippen LogP contribution in [0.5, 0.6) is 0 Å². The molecule has 0 aliphatic carbocycles. The number of aromatic nitrogens is 1. The SMILES string of the molecule is CCCCCC/C=C\CC(=O)N[C@@H](CO)[C@@H](O)CC(=O)N[C@H](C(=O)N[C@H](/C=C/C(=O)NCC(=O)c1c[nH]c2ccccc12)CO)C(C)C. The minimum absolute atomic E-state index is 0.0735. The summed E-state index contributed by atoms with van der Waals surface area (Å²) in [5.41, 5.74) is 1.24. The Morgan fingerprint density at radius 3 is 2.35 bits per heavy atom. The highest BCUT2D eigenvalue weighted by Gasteiger charge is 2.28. The minimum atomic E-state index is -1.41. The number of aliphatic hydroxyl groups excluding tert-OH is 3. The van der Waals surface area contributed by atoms with E-state index in [-0.39, 0.29) is 18.7 Å². The molecule has 4 amide bonds. The van der Waals surface area contributed by atoms with Crippen LogP contribution in [0.25, 0.3) is 10.9 Å². The van der Waals surface area contributed by atoms with E-state index in [2.05, 4.69) is 33.2 Å². The number of amides is 4. The van der Waals surface area contributed by atoms with E-state index in [0.717, 1.165) is 42.7 Å². The molecule has 1 aromatic heterocycles.